The Morgan fingerprint density at radius 3 is 2.68 bits per heavy atom. The molecule has 1 atom stereocenters. The molecule has 4 aromatic rings. The Hall–Kier alpha value is -4.33. The molecule has 174 valence electrons. The second-order valence-corrected chi connectivity index (χ2v) is 8.16. The van der Waals surface area contributed by atoms with Gasteiger partial charge in [-0.1, -0.05) is 35.9 Å². The molecule has 5 N–H and O–H groups in total. The standard InChI is InChI=1S/C26H27N5O3/c1-16-4-3-5-17(10-16)11-22(25(32)29-15-18-6-9-24(27)28-14-18)31-26(33)23-13-19-12-20(34-2)7-8-21(19)30-23/h3-10,12-14,22,30H,11,15H2,1-2H3,(H2,27,28)(H,29,32)(H,31,33)/t22-/m0/s1. The van der Waals surface area contributed by atoms with E-state index in [9.17, 15) is 9.59 Å². The highest BCUT2D eigenvalue weighted by molar-refractivity contribution is 6.00. The smallest absolute Gasteiger partial charge is 0.268 e. The zero-order chi connectivity index (χ0) is 24.1. The summed E-state index contributed by atoms with van der Waals surface area (Å²) in [6, 6.07) is 17.9. The molecule has 0 aliphatic heterocycles. The molecule has 0 fully saturated rings. The zero-order valence-electron chi connectivity index (χ0n) is 19.1. The fourth-order valence-corrected chi connectivity index (χ4v) is 3.73. The number of hydrogen-bond acceptors (Lipinski definition) is 5. The predicted molar refractivity (Wildman–Crippen MR) is 131 cm³/mol. The summed E-state index contributed by atoms with van der Waals surface area (Å²) in [5.41, 5.74) is 9.65. The third kappa shape index (κ3) is 5.53. The van der Waals surface area contributed by atoms with Gasteiger partial charge in [0.05, 0.1) is 7.11 Å². The summed E-state index contributed by atoms with van der Waals surface area (Å²) < 4.78 is 5.26. The van der Waals surface area contributed by atoms with Gasteiger partial charge in [-0.2, -0.15) is 0 Å². The van der Waals surface area contributed by atoms with Crippen LogP contribution in [0.4, 0.5) is 5.82 Å². The number of aromatic amines is 1. The summed E-state index contributed by atoms with van der Waals surface area (Å²) in [7, 11) is 1.59. The van der Waals surface area contributed by atoms with Crippen molar-refractivity contribution in [1.82, 2.24) is 20.6 Å². The highest BCUT2D eigenvalue weighted by Crippen LogP contribution is 2.21. The van der Waals surface area contributed by atoms with Gasteiger partial charge in [-0.25, -0.2) is 4.98 Å². The summed E-state index contributed by atoms with van der Waals surface area (Å²) in [5, 5.41) is 6.62. The van der Waals surface area contributed by atoms with E-state index < -0.39 is 6.04 Å². The van der Waals surface area contributed by atoms with Crippen molar-refractivity contribution in [2.24, 2.45) is 0 Å². The van der Waals surface area contributed by atoms with Gasteiger partial charge in [-0.05, 0) is 48.4 Å². The second-order valence-electron chi connectivity index (χ2n) is 8.16. The van der Waals surface area contributed by atoms with Crippen molar-refractivity contribution in [2.75, 3.05) is 12.8 Å². The molecule has 0 radical (unpaired) electrons. The third-order valence-corrected chi connectivity index (χ3v) is 5.53. The molecule has 8 heteroatoms. The van der Waals surface area contributed by atoms with Gasteiger partial charge in [-0.3, -0.25) is 9.59 Å². The largest absolute Gasteiger partial charge is 0.497 e. The monoisotopic (exact) mass is 457 g/mol. The molecular weight excluding hydrogens is 430 g/mol. The molecule has 2 aromatic carbocycles. The van der Waals surface area contributed by atoms with Crippen LogP contribution in [0.25, 0.3) is 10.9 Å². The van der Waals surface area contributed by atoms with Crippen LogP contribution in [0, 0.1) is 6.92 Å². The molecule has 4 rings (SSSR count). The van der Waals surface area contributed by atoms with Crippen LogP contribution in [-0.4, -0.2) is 34.9 Å². The molecule has 2 amide bonds. The number of pyridine rings is 1. The summed E-state index contributed by atoms with van der Waals surface area (Å²) >= 11 is 0. The first-order valence-corrected chi connectivity index (χ1v) is 10.9. The van der Waals surface area contributed by atoms with Gasteiger partial charge in [0.1, 0.15) is 23.3 Å². The average Bonchev–Trinajstić information content (AvgIpc) is 3.26. The van der Waals surface area contributed by atoms with Crippen molar-refractivity contribution in [3.63, 3.8) is 0 Å². The predicted octanol–water partition coefficient (Wildman–Crippen LogP) is 3.12. The number of nitrogen functional groups attached to an aromatic ring is 1. The number of aryl methyl sites for hydroxylation is 1. The lowest BCUT2D eigenvalue weighted by Crippen LogP contribution is -2.48. The number of nitrogens with one attached hydrogen (secondary N) is 3. The number of nitrogens with zero attached hydrogens (tertiary/aromatic N) is 1. The molecule has 0 spiro atoms. The maximum Gasteiger partial charge on any atom is 0.268 e. The number of methoxy groups -OCH3 is 1. The minimum absolute atomic E-state index is 0.276. The van der Waals surface area contributed by atoms with Gasteiger partial charge in [0.15, 0.2) is 0 Å². The number of fused-ring (bicyclic) bond motifs is 1. The lowest BCUT2D eigenvalue weighted by Gasteiger charge is -2.19. The van der Waals surface area contributed by atoms with Gasteiger partial charge in [0.25, 0.3) is 5.91 Å². The van der Waals surface area contributed by atoms with Crippen LogP contribution >= 0.6 is 0 Å². The molecule has 0 saturated heterocycles. The first-order chi connectivity index (χ1) is 16.4. The second kappa shape index (κ2) is 10.1. The fourth-order valence-electron chi connectivity index (χ4n) is 3.73. The molecule has 2 aromatic heterocycles. The molecule has 34 heavy (non-hydrogen) atoms. The van der Waals surface area contributed by atoms with E-state index in [-0.39, 0.29) is 18.4 Å². The Morgan fingerprint density at radius 2 is 1.94 bits per heavy atom. The number of benzene rings is 2. The van der Waals surface area contributed by atoms with Crippen molar-refractivity contribution < 1.29 is 14.3 Å². The Labute approximate surface area is 197 Å². The summed E-state index contributed by atoms with van der Waals surface area (Å²) in [6.45, 7) is 2.27. The van der Waals surface area contributed by atoms with Crippen LogP contribution in [0.15, 0.2) is 66.9 Å². The number of ether oxygens (including phenoxy) is 1. The first-order valence-electron chi connectivity index (χ1n) is 10.9. The zero-order valence-corrected chi connectivity index (χ0v) is 19.1. The molecule has 0 bridgehead atoms. The fraction of sp³-hybridized carbons (Fsp3) is 0.192. The van der Waals surface area contributed by atoms with E-state index in [0.717, 1.165) is 27.6 Å². The number of hydrogen-bond donors (Lipinski definition) is 4. The van der Waals surface area contributed by atoms with E-state index in [1.807, 2.05) is 49.4 Å². The van der Waals surface area contributed by atoms with Crippen molar-refractivity contribution in [3.05, 3.63) is 89.2 Å². The molecule has 2 heterocycles. The molecule has 0 saturated carbocycles. The average molecular weight is 458 g/mol. The molecule has 0 aliphatic carbocycles. The quantitative estimate of drug-likeness (QED) is 0.324. The van der Waals surface area contributed by atoms with Gasteiger partial charge < -0.3 is 26.1 Å². The maximum absolute atomic E-state index is 13.1. The number of H-pyrrole nitrogens is 1. The van der Waals surface area contributed by atoms with Gasteiger partial charge in [0, 0.05) is 30.1 Å². The molecular formula is C26H27N5O3. The van der Waals surface area contributed by atoms with Crippen LogP contribution in [0.3, 0.4) is 0 Å². The van der Waals surface area contributed by atoms with Gasteiger partial charge >= 0.3 is 0 Å². The SMILES string of the molecule is COc1ccc2[nH]c(C(=O)N[C@@H](Cc3cccc(C)c3)C(=O)NCc3ccc(N)nc3)cc2c1. The number of nitrogens with two attached hydrogens (primary N) is 1. The van der Waals surface area contributed by atoms with Crippen LogP contribution < -0.4 is 21.1 Å². The van der Waals surface area contributed by atoms with E-state index in [4.69, 9.17) is 10.5 Å². The molecule has 0 unspecified atom stereocenters. The molecule has 8 nitrogen and oxygen atoms in total. The summed E-state index contributed by atoms with van der Waals surface area (Å²) in [6.07, 6.45) is 1.97. The summed E-state index contributed by atoms with van der Waals surface area (Å²) in [5.74, 6) is 0.463. The summed E-state index contributed by atoms with van der Waals surface area (Å²) in [4.78, 5) is 33.3. The first kappa shape index (κ1) is 22.8. The van der Waals surface area contributed by atoms with Crippen molar-refractivity contribution in [3.8, 4) is 5.75 Å². The minimum atomic E-state index is -0.767. The van der Waals surface area contributed by atoms with Crippen LogP contribution in [0.5, 0.6) is 5.75 Å². The minimum Gasteiger partial charge on any atom is -0.497 e. The number of amides is 2. The highest BCUT2D eigenvalue weighted by Gasteiger charge is 2.23. The van der Waals surface area contributed by atoms with Gasteiger partial charge in [-0.15, -0.1) is 0 Å². The Balaban J connectivity index is 1.52. The van der Waals surface area contributed by atoms with E-state index in [2.05, 4.69) is 20.6 Å². The number of aromatic nitrogens is 2. The number of anilines is 1. The van der Waals surface area contributed by atoms with E-state index in [0.29, 0.717) is 23.7 Å². The Morgan fingerprint density at radius 1 is 1.09 bits per heavy atom. The van der Waals surface area contributed by atoms with Crippen molar-refractivity contribution in [1.29, 1.82) is 0 Å². The highest BCUT2D eigenvalue weighted by atomic mass is 16.5. The van der Waals surface area contributed by atoms with Crippen molar-refractivity contribution >= 4 is 28.5 Å². The maximum atomic E-state index is 13.1. The van der Waals surface area contributed by atoms with E-state index >= 15 is 0 Å². The number of carbonyl (C=O) groups excluding carboxylic acids is 2. The normalized spacial score (nSPS) is 11.7. The third-order valence-electron chi connectivity index (χ3n) is 5.53. The van der Waals surface area contributed by atoms with Crippen LogP contribution in [0.1, 0.15) is 27.2 Å². The Kier molecular flexibility index (Phi) is 6.77. The lowest BCUT2D eigenvalue weighted by atomic mass is 10.0. The van der Waals surface area contributed by atoms with E-state index in [1.54, 1.807) is 31.5 Å². The Bertz CT molecular complexity index is 1310. The topological polar surface area (TPSA) is 122 Å². The van der Waals surface area contributed by atoms with E-state index in [1.165, 1.54) is 0 Å². The van der Waals surface area contributed by atoms with Gasteiger partial charge in [0.2, 0.25) is 5.91 Å². The van der Waals surface area contributed by atoms with Crippen LogP contribution in [-0.2, 0) is 17.8 Å². The van der Waals surface area contributed by atoms with Crippen LogP contribution in [0.2, 0.25) is 0 Å². The molecule has 0 aliphatic rings. The van der Waals surface area contributed by atoms with Crippen molar-refractivity contribution in [2.45, 2.75) is 25.9 Å². The lowest BCUT2D eigenvalue weighted by molar-refractivity contribution is -0.123. The number of rotatable bonds is 8. The number of carbonyl (C=O) groups is 2.